The van der Waals surface area contributed by atoms with Gasteiger partial charge in [0, 0.05) is 51.4 Å². The molecule has 0 fully saturated rings. The second-order valence-corrected chi connectivity index (χ2v) is 12.9. The molecule has 0 radical (unpaired) electrons. The number of aromatic nitrogens is 4. The zero-order chi connectivity index (χ0) is 32.1. The summed E-state index contributed by atoms with van der Waals surface area (Å²) in [5.74, 6) is 2.14. The van der Waals surface area contributed by atoms with E-state index in [1.165, 1.54) is 39.2 Å². The maximum absolute atomic E-state index is 5.19. The number of nitrogens with zero attached hydrogens (tertiary/aromatic N) is 5. The van der Waals surface area contributed by atoms with Gasteiger partial charge in [0.15, 0.2) is 11.6 Å². The molecule has 47 heavy (non-hydrogen) atoms. The Balaban J connectivity index is 1.42. The largest absolute Gasteiger partial charge is 0.333 e. The number of aryl methyl sites for hydroxylation is 1. The van der Waals surface area contributed by atoms with E-state index in [9.17, 15) is 0 Å². The van der Waals surface area contributed by atoms with Crippen molar-refractivity contribution in [1.82, 2.24) is 19.5 Å². The zero-order valence-corrected chi connectivity index (χ0v) is 28.0. The molecule has 6 heteroatoms. The lowest BCUT2D eigenvalue weighted by Crippen LogP contribution is -2.24. The van der Waals surface area contributed by atoms with Crippen molar-refractivity contribution >= 4 is 32.8 Å². The van der Waals surface area contributed by atoms with E-state index < -0.39 is 0 Å². The van der Waals surface area contributed by atoms with Crippen molar-refractivity contribution in [3.63, 3.8) is 0 Å². The van der Waals surface area contributed by atoms with Gasteiger partial charge in [-0.25, -0.2) is 4.98 Å². The maximum atomic E-state index is 5.19. The molecule has 2 aliphatic rings. The number of fused-ring (bicyclic) bond motifs is 5. The van der Waals surface area contributed by atoms with Crippen LogP contribution in [0.4, 0.5) is 11.4 Å². The van der Waals surface area contributed by atoms with Crippen LogP contribution in [-0.4, -0.2) is 19.5 Å². The van der Waals surface area contributed by atoms with Crippen LogP contribution in [0.2, 0.25) is 0 Å². The van der Waals surface area contributed by atoms with Crippen LogP contribution in [-0.2, 0) is 6.16 Å². The van der Waals surface area contributed by atoms with Gasteiger partial charge in [-0.05, 0) is 50.6 Å². The predicted octanol–water partition coefficient (Wildman–Crippen LogP) is 10.1. The van der Waals surface area contributed by atoms with Crippen molar-refractivity contribution in [3.8, 4) is 28.7 Å². The van der Waals surface area contributed by atoms with Gasteiger partial charge < -0.3 is 4.90 Å². The average Bonchev–Trinajstić information content (AvgIpc) is 3.60. The third-order valence-electron chi connectivity index (χ3n) is 9.11. The smallest absolute Gasteiger partial charge is 0.238 e. The average molecular weight is 630 g/mol. The molecular weight excluding hydrogens is 593 g/mol. The molecule has 2 aromatic heterocycles. The quantitative estimate of drug-likeness (QED) is 0.172. The summed E-state index contributed by atoms with van der Waals surface area (Å²) in [5.41, 5.74) is 13.1. The monoisotopic (exact) mass is 629 g/mol. The standard InChI is InChI=1S/C41H36N5P/c1-26(2)23-33-36(25-47)46(41-43-39(28-13-7-4-8-14-28)42-40(44-41)29-15-9-5-10-16-29)35-22-20-31-32-24-27(3)19-21-34(32)45(38(31)37(33)35)30-17-11-6-12-18-30/h4-24,31,38H,25,47H2,1-3H3. The Morgan fingerprint density at radius 3 is 2.00 bits per heavy atom. The van der Waals surface area contributed by atoms with Crippen molar-refractivity contribution in [2.75, 3.05) is 4.90 Å². The summed E-state index contributed by atoms with van der Waals surface area (Å²) < 4.78 is 2.28. The van der Waals surface area contributed by atoms with Crippen molar-refractivity contribution in [2.45, 2.75) is 38.9 Å². The van der Waals surface area contributed by atoms with E-state index in [4.69, 9.17) is 15.0 Å². The molecule has 0 saturated heterocycles. The molecule has 4 aromatic carbocycles. The van der Waals surface area contributed by atoms with Crippen LogP contribution >= 0.6 is 9.24 Å². The minimum atomic E-state index is 0.0698. The van der Waals surface area contributed by atoms with Gasteiger partial charge in [-0.2, -0.15) is 9.97 Å². The lowest BCUT2D eigenvalue weighted by Gasteiger charge is -2.33. The van der Waals surface area contributed by atoms with Gasteiger partial charge in [0.25, 0.3) is 0 Å². The predicted molar refractivity (Wildman–Crippen MR) is 197 cm³/mol. The van der Waals surface area contributed by atoms with Crippen molar-refractivity contribution in [3.05, 3.63) is 154 Å². The summed E-state index contributed by atoms with van der Waals surface area (Å²) in [5, 5.41) is 0. The first kappa shape index (κ1) is 29.3. The fourth-order valence-corrected chi connectivity index (χ4v) is 7.58. The number of benzene rings is 4. The summed E-state index contributed by atoms with van der Waals surface area (Å²) >= 11 is 0. The van der Waals surface area contributed by atoms with Crippen LogP contribution in [0.3, 0.4) is 0 Å². The van der Waals surface area contributed by atoms with Gasteiger partial charge in [0.1, 0.15) is 0 Å². The lowest BCUT2D eigenvalue weighted by molar-refractivity contribution is 0.663. The summed E-state index contributed by atoms with van der Waals surface area (Å²) in [6.45, 7) is 6.54. The van der Waals surface area contributed by atoms with E-state index in [0.717, 1.165) is 28.7 Å². The summed E-state index contributed by atoms with van der Waals surface area (Å²) in [4.78, 5) is 17.9. The Bertz CT molecular complexity index is 2110. The Hall–Kier alpha value is -5.12. The van der Waals surface area contributed by atoms with Crippen molar-refractivity contribution in [2.24, 2.45) is 0 Å². The number of rotatable bonds is 6. The third-order valence-corrected chi connectivity index (χ3v) is 9.50. The normalized spacial score (nSPS) is 16.0. The van der Waals surface area contributed by atoms with Gasteiger partial charge in [0.2, 0.25) is 5.95 Å². The van der Waals surface area contributed by atoms with E-state index in [0.29, 0.717) is 17.6 Å². The summed E-state index contributed by atoms with van der Waals surface area (Å²) in [7, 11) is 2.98. The first-order chi connectivity index (χ1) is 23.0. The van der Waals surface area contributed by atoms with E-state index in [1.54, 1.807) is 0 Å². The highest BCUT2D eigenvalue weighted by molar-refractivity contribution is 7.15. The molecule has 3 atom stereocenters. The Morgan fingerprint density at radius 2 is 1.40 bits per heavy atom. The molecule has 3 unspecified atom stereocenters. The van der Waals surface area contributed by atoms with Gasteiger partial charge in [-0.3, -0.25) is 4.57 Å². The SMILES string of the molecule is CC(C)=Cc1c2c(n(-c3nc(-c4ccccc4)nc(-c4ccccc4)n3)c1CP)C=CC1c3cc(C)ccc3N(c3ccccc3)C21. The van der Waals surface area contributed by atoms with Crippen LogP contribution in [0, 0.1) is 6.92 Å². The second kappa shape index (κ2) is 11.9. The van der Waals surface area contributed by atoms with Gasteiger partial charge >= 0.3 is 0 Å². The number of allylic oxidation sites excluding steroid dienone is 1. The fraction of sp³-hybridized carbons (Fsp3) is 0.146. The van der Waals surface area contributed by atoms with Crippen molar-refractivity contribution < 1.29 is 0 Å². The number of para-hydroxylation sites is 1. The lowest BCUT2D eigenvalue weighted by atomic mass is 9.83. The van der Waals surface area contributed by atoms with Crippen LogP contribution in [0.5, 0.6) is 0 Å². The number of hydrogen-bond acceptors (Lipinski definition) is 4. The minimum Gasteiger partial charge on any atom is -0.333 e. The Labute approximate surface area is 278 Å². The highest BCUT2D eigenvalue weighted by Crippen LogP contribution is 2.57. The summed E-state index contributed by atoms with van der Waals surface area (Å²) in [6, 6.07) is 38.1. The first-order valence-electron chi connectivity index (χ1n) is 16.1. The highest BCUT2D eigenvalue weighted by Gasteiger charge is 2.44. The molecule has 0 saturated carbocycles. The zero-order valence-electron chi connectivity index (χ0n) is 26.8. The topological polar surface area (TPSA) is 46.8 Å². The molecule has 0 N–H and O–H groups in total. The molecule has 8 rings (SSSR count). The third kappa shape index (κ3) is 5.03. The van der Waals surface area contributed by atoms with Crippen LogP contribution in [0.1, 0.15) is 59.4 Å². The van der Waals surface area contributed by atoms with Crippen LogP contribution in [0.15, 0.2) is 121 Å². The van der Waals surface area contributed by atoms with Crippen LogP contribution in [0.25, 0.3) is 40.9 Å². The molecule has 6 aromatic rings. The van der Waals surface area contributed by atoms with E-state index in [2.05, 4.69) is 131 Å². The van der Waals surface area contributed by atoms with E-state index >= 15 is 0 Å². The molecule has 230 valence electrons. The number of anilines is 2. The molecule has 0 bridgehead atoms. The minimum absolute atomic E-state index is 0.0698. The first-order valence-corrected chi connectivity index (χ1v) is 17.0. The Morgan fingerprint density at radius 1 is 0.787 bits per heavy atom. The van der Waals surface area contributed by atoms with Gasteiger partial charge in [-0.15, -0.1) is 9.24 Å². The molecule has 1 aliphatic heterocycles. The van der Waals surface area contributed by atoms with Gasteiger partial charge in [0.05, 0.1) is 11.7 Å². The van der Waals surface area contributed by atoms with Crippen molar-refractivity contribution in [1.29, 1.82) is 0 Å². The number of hydrogen-bond donors (Lipinski definition) is 0. The molecule has 0 spiro atoms. The van der Waals surface area contributed by atoms with E-state index in [1.807, 2.05) is 36.4 Å². The van der Waals surface area contributed by atoms with Crippen LogP contribution < -0.4 is 4.90 Å². The van der Waals surface area contributed by atoms with E-state index in [-0.39, 0.29) is 12.0 Å². The molecule has 0 amide bonds. The maximum Gasteiger partial charge on any atom is 0.238 e. The van der Waals surface area contributed by atoms with Gasteiger partial charge in [-0.1, -0.05) is 114 Å². The fourth-order valence-electron chi connectivity index (χ4n) is 7.17. The Kier molecular flexibility index (Phi) is 7.42. The highest BCUT2D eigenvalue weighted by atomic mass is 31.0. The molecular formula is C41H36N5P. The summed E-state index contributed by atoms with van der Waals surface area (Å²) in [6.07, 6.45) is 7.78. The second-order valence-electron chi connectivity index (χ2n) is 12.5. The molecule has 3 heterocycles. The molecule has 1 aliphatic carbocycles. The molecule has 5 nitrogen and oxygen atoms in total.